The van der Waals surface area contributed by atoms with Gasteiger partial charge in [-0.25, -0.2) is 0 Å². The molecule has 1 saturated heterocycles. The Morgan fingerprint density at radius 3 is 2.57 bits per heavy atom. The van der Waals surface area contributed by atoms with Crippen LogP contribution in [0.15, 0.2) is 28.7 Å². The SMILES string of the molecule is COc1ccc(CCc2nnc(CCC(=O)N(C)C[C@@H]3CCCCO3)o2)cc1. The van der Waals surface area contributed by atoms with E-state index in [0.29, 0.717) is 37.6 Å². The first-order valence-corrected chi connectivity index (χ1v) is 9.94. The highest BCUT2D eigenvalue weighted by molar-refractivity contribution is 5.76. The van der Waals surface area contributed by atoms with Gasteiger partial charge in [0.05, 0.1) is 13.2 Å². The molecule has 1 atom stereocenters. The maximum absolute atomic E-state index is 12.3. The average Bonchev–Trinajstić information content (AvgIpc) is 3.19. The molecule has 1 aliphatic rings. The van der Waals surface area contributed by atoms with Crippen molar-refractivity contribution in [3.8, 4) is 5.75 Å². The summed E-state index contributed by atoms with van der Waals surface area (Å²) in [4.78, 5) is 14.1. The van der Waals surface area contributed by atoms with E-state index >= 15 is 0 Å². The van der Waals surface area contributed by atoms with E-state index in [9.17, 15) is 4.79 Å². The number of benzene rings is 1. The molecular formula is C21H29N3O4. The van der Waals surface area contributed by atoms with Gasteiger partial charge in [0.2, 0.25) is 17.7 Å². The van der Waals surface area contributed by atoms with Crippen molar-refractivity contribution in [1.29, 1.82) is 0 Å². The van der Waals surface area contributed by atoms with Crippen LogP contribution in [0.2, 0.25) is 0 Å². The van der Waals surface area contributed by atoms with Crippen molar-refractivity contribution in [2.75, 3.05) is 27.3 Å². The molecule has 1 aromatic heterocycles. The van der Waals surface area contributed by atoms with Crippen molar-refractivity contribution in [3.63, 3.8) is 0 Å². The van der Waals surface area contributed by atoms with E-state index in [1.165, 1.54) is 12.0 Å². The number of hydrogen-bond acceptors (Lipinski definition) is 6. The Hall–Kier alpha value is -2.41. The van der Waals surface area contributed by atoms with Gasteiger partial charge in [-0.2, -0.15) is 0 Å². The predicted octanol–water partition coefficient (Wildman–Crippen LogP) is 2.82. The molecule has 0 saturated carbocycles. The first kappa shape index (κ1) is 20.3. The second-order valence-corrected chi connectivity index (χ2v) is 7.20. The van der Waals surface area contributed by atoms with Gasteiger partial charge in [0.15, 0.2) is 0 Å². The molecule has 1 amide bonds. The summed E-state index contributed by atoms with van der Waals surface area (Å²) in [5, 5.41) is 8.17. The second-order valence-electron chi connectivity index (χ2n) is 7.20. The third-order valence-corrected chi connectivity index (χ3v) is 5.03. The van der Waals surface area contributed by atoms with Gasteiger partial charge < -0.3 is 18.8 Å². The van der Waals surface area contributed by atoms with Crippen molar-refractivity contribution in [1.82, 2.24) is 15.1 Å². The van der Waals surface area contributed by atoms with Crippen LogP contribution in [-0.2, 0) is 28.8 Å². The summed E-state index contributed by atoms with van der Waals surface area (Å²) in [6.45, 7) is 1.45. The molecule has 0 unspecified atom stereocenters. The maximum Gasteiger partial charge on any atom is 0.222 e. The standard InChI is InChI=1S/C21H29N3O4/c1-24(15-18-5-3-4-14-27-18)21(25)13-12-20-23-22-19(28-20)11-8-16-6-9-17(26-2)10-7-16/h6-7,9-10,18H,3-5,8,11-15H2,1-2H3/t18-/m0/s1. The van der Waals surface area contributed by atoms with E-state index in [1.54, 1.807) is 12.0 Å². The zero-order chi connectivity index (χ0) is 19.8. The van der Waals surface area contributed by atoms with Gasteiger partial charge in [0.25, 0.3) is 0 Å². The van der Waals surface area contributed by atoms with E-state index in [2.05, 4.69) is 10.2 Å². The summed E-state index contributed by atoms with van der Waals surface area (Å²) >= 11 is 0. The molecule has 1 aliphatic heterocycles. The minimum Gasteiger partial charge on any atom is -0.497 e. The van der Waals surface area contributed by atoms with E-state index in [0.717, 1.165) is 31.6 Å². The number of ether oxygens (including phenoxy) is 2. The van der Waals surface area contributed by atoms with Crippen molar-refractivity contribution < 1.29 is 18.7 Å². The van der Waals surface area contributed by atoms with E-state index in [-0.39, 0.29) is 12.0 Å². The number of carbonyl (C=O) groups is 1. The molecule has 1 aromatic carbocycles. The van der Waals surface area contributed by atoms with Gasteiger partial charge in [-0.15, -0.1) is 10.2 Å². The lowest BCUT2D eigenvalue weighted by molar-refractivity contribution is -0.132. The first-order valence-electron chi connectivity index (χ1n) is 9.94. The molecule has 152 valence electrons. The number of aryl methyl sites for hydroxylation is 3. The number of hydrogen-bond donors (Lipinski definition) is 0. The normalized spacial score (nSPS) is 16.7. The molecule has 0 radical (unpaired) electrons. The average molecular weight is 387 g/mol. The summed E-state index contributed by atoms with van der Waals surface area (Å²) in [5.41, 5.74) is 1.18. The summed E-state index contributed by atoms with van der Waals surface area (Å²) in [6.07, 6.45) is 5.79. The number of rotatable bonds is 9. The molecule has 0 aliphatic carbocycles. The van der Waals surface area contributed by atoms with Crippen LogP contribution < -0.4 is 4.74 Å². The summed E-state index contributed by atoms with van der Waals surface area (Å²) in [6, 6.07) is 7.94. The highest BCUT2D eigenvalue weighted by atomic mass is 16.5. The van der Waals surface area contributed by atoms with Crippen LogP contribution in [0.5, 0.6) is 5.75 Å². The largest absolute Gasteiger partial charge is 0.497 e. The molecular weight excluding hydrogens is 358 g/mol. The molecule has 7 heteroatoms. The van der Waals surface area contributed by atoms with Crippen LogP contribution in [0.3, 0.4) is 0 Å². The topological polar surface area (TPSA) is 77.7 Å². The zero-order valence-electron chi connectivity index (χ0n) is 16.7. The zero-order valence-corrected chi connectivity index (χ0v) is 16.7. The molecule has 0 N–H and O–H groups in total. The van der Waals surface area contributed by atoms with Crippen molar-refractivity contribution in [2.24, 2.45) is 0 Å². The number of aromatic nitrogens is 2. The summed E-state index contributed by atoms with van der Waals surface area (Å²) in [5.74, 6) is 2.03. The van der Waals surface area contributed by atoms with Crippen LogP contribution in [0.25, 0.3) is 0 Å². The summed E-state index contributed by atoms with van der Waals surface area (Å²) in [7, 11) is 3.48. The van der Waals surface area contributed by atoms with Gasteiger partial charge >= 0.3 is 0 Å². The fourth-order valence-electron chi connectivity index (χ4n) is 3.30. The lowest BCUT2D eigenvalue weighted by atomic mass is 10.1. The smallest absolute Gasteiger partial charge is 0.222 e. The molecule has 1 fully saturated rings. The maximum atomic E-state index is 12.3. The molecule has 28 heavy (non-hydrogen) atoms. The van der Waals surface area contributed by atoms with E-state index in [4.69, 9.17) is 13.9 Å². The fraction of sp³-hybridized carbons (Fsp3) is 0.571. The van der Waals surface area contributed by atoms with Crippen LogP contribution in [0.1, 0.15) is 43.0 Å². The third kappa shape index (κ3) is 6.05. The molecule has 0 bridgehead atoms. The second kappa shape index (κ2) is 10.2. The Balaban J connectivity index is 1.40. The van der Waals surface area contributed by atoms with Crippen molar-refractivity contribution in [2.45, 2.75) is 51.0 Å². The number of amides is 1. The van der Waals surface area contributed by atoms with Crippen molar-refractivity contribution >= 4 is 5.91 Å². The number of likely N-dealkylation sites (N-methyl/N-ethyl adjacent to an activating group) is 1. The van der Waals surface area contributed by atoms with Gasteiger partial charge in [0, 0.05) is 39.5 Å². The van der Waals surface area contributed by atoms with Crippen LogP contribution >= 0.6 is 0 Å². The number of nitrogens with zero attached hydrogens (tertiary/aromatic N) is 3. The Bertz CT molecular complexity index is 738. The van der Waals surface area contributed by atoms with Crippen LogP contribution in [0, 0.1) is 0 Å². The van der Waals surface area contributed by atoms with Gasteiger partial charge in [0.1, 0.15) is 5.75 Å². The van der Waals surface area contributed by atoms with Crippen molar-refractivity contribution in [3.05, 3.63) is 41.6 Å². The first-order chi connectivity index (χ1) is 13.6. The monoisotopic (exact) mass is 387 g/mol. The lowest BCUT2D eigenvalue weighted by Gasteiger charge is -2.27. The molecule has 2 heterocycles. The third-order valence-electron chi connectivity index (χ3n) is 5.03. The predicted molar refractivity (Wildman–Crippen MR) is 104 cm³/mol. The van der Waals surface area contributed by atoms with Gasteiger partial charge in [-0.05, 0) is 43.4 Å². The van der Waals surface area contributed by atoms with Gasteiger partial charge in [-0.1, -0.05) is 12.1 Å². The Morgan fingerprint density at radius 1 is 1.14 bits per heavy atom. The molecule has 3 rings (SSSR count). The highest BCUT2D eigenvalue weighted by Crippen LogP contribution is 2.15. The Labute approximate surface area is 166 Å². The molecule has 2 aromatic rings. The Kier molecular flexibility index (Phi) is 7.42. The number of methoxy groups -OCH3 is 1. The quantitative estimate of drug-likeness (QED) is 0.658. The highest BCUT2D eigenvalue weighted by Gasteiger charge is 2.19. The Morgan fingerprint density at radius 2 is 1.89 bits per heavy atom. The lowest BCUT2D eigenvalue weighted by Crippen LogP contribution is -2.37. The van der Waals surface area contributed by atoms with E-state index < -0.39 is 0 Å². The van der Waals surface area contributed by atoms with Crippen LogP contribution in [0.4, 0.5) is 0 Å². The van der Waals surface area contributed by atoms with Gasteiger partial charge in [-0.3, -0.25) is 4.79 Å². The van der Waals surface area contributed by atoms with Crippen LogP contribution in [-0.4, -0.2) is 54.4 Å². The number of carbonyl (C=O) groups excluding carboxylic acids is 1. The minimum absolute atomic E-state index is 0.0761. The molecule has 7 nitrogen and oxygen atoms in total. The molecule has 0 spiro atoms. The summed E-state index contributed by atoms with van der Waals surface area (Å²) < 4.78 is 16.5. The van der Waals surface area contributed by atoms with E-state index in [1.807, 2.05) is 31.3 Å². The fourth-order valence-corrected chi connectivity index (χ4v) is 3.30. The minimum atomic E-state index is 0.0761.